The summed E-state index contributed by atoms with van der Waals surface area (Å²) in [5.74, 6) is 1.06. The lowest BCUT2D eigenvalue weighted by atomic mass is 9.90. The molecule has 1 saturated carbocycles. The Hall–Kier alpha value is -1.85. The summed E-state index contributed by atoms with van der Waals surface area (Å²) in [4.78, 5) is 8.09. The highest BCUT2D eigenvalue weighted by atomic mass is 16.5. The maximum absolute atomic E-state index is 8.49. The Morgan fingerprint density at radius 3 is 2.72 bits per heavy atom. The van der Waals surface area contributed by atoms with Crippen molar-refractivity contribution in [2.45, 2.75) is 32.1 Å². The van der Waals surface area contributed by atoms with Gasteiger partial charge in [-0.05, 0) is 18.8 Å². The van der Waals surface area contributed by atoms with E-state index in [9.17, 15) is 0 Å². The molecule has 0 bridgehead atoms. The minimum Gasteiger partial charge on any atom is -0.476 e. The number of oxime groups is 1. The molecule has 18 heavy (non-hydrogen) atoms. The molecule has 6 nitrogen and oxygen atoms in total. The van der Waals surface area contributed by atoms with Gasteiger partial charge in [0.25, 0.3) is 0 Å². The van der Waals surface area contributed by atoms with Crippen LogP contribution in [0.5, 0.6) is 5.88 Å². The van der Waals surface area contributed by atoms with Crippen LogP contribution in [0.1, 0.15) is 37.8 Å². The highest BCUT2D eigenvalue weighted by Crippen LogP contribution is 2.24. The number of nitrogens with zero attached hydrogens (tertiary/aromatic N) is 3. The number of hydrogen-bond donors (Lipinski definition) is 2. The fourth-order valence-electron chi connectivity index (χ4n) is 2.13. The third kappa shape index (κ3) is 3.32. The first-order valence-corrected chi connectivity index (χ1v) is 6.22. The third-order valence-corrected chi connectivity index (χ3v) is 3.19. The quantitative estimate of drug-likeness (QED) is 0.366. The van der Waals surface area contributed by atoms with Crippen LogP contribution < -0.4 is 10.5 Å². The number of nitrogens with two attached hydrogens (primary N) is 1. The Morgan fingerprint density at radius 1 is 1.33 bits per heavy atom. The lowest BCUT2D eigenvalue weighted by molar-refractivity contribution is 0.202. The summed E-state index contributed by atoms with van der Waals surface area (Å²) in [5, 5.41) is 11.4. The minimum atomic E-state index is -0.0543. The van der Waals surface area contributed by atoms with E-state index in [-0.39, 0.29) is 5.84 Å². The van der Waals surface area contributed by atoms with Crippen molar-refractivity contribution in [2.24, 2.45) is 16.8 Å². The number of amidine groups is 1. The van der Waals surface area contributed by atoms with E-state index in [0.717, 1.165) is 0 Å². The molecule has 0 spiro atoms. The van der Waals surface area contributed by atoms with Gasteiger partial charge in [-0.25, -0.2) is 9.97 Å². The van der Waals surface area contributed by atoms with Crippen molar-refractivity contribution in [1.29, 1.82) is 0 Å². The lowest BCUT2D eigenvalue weighted by Crippen LogP contribution is -2.17. The SMILES string of the molecule is NC(=NO)c1cnc(OCC2CCCCC2)cn1. The summed E-state index contributed by atoms with van der Waals surface area (Å²) in [6, 6.07) is 0. The highest BCUT2D eigenvalue weighted by molar-refractivity contribution is 5.94. The van der Waals surface area contributed by atoms with Crippen molar-refractivity contribution in [1.82, 2.24) is 9.97 Å². The molecule has 1 aliphatic rings. The van der Waals surface area contributed by atoms with Crippen LogP contribution in [0.2, 0.25) is 0 Å². The van der Waals surface area contributed by atoms with Crippen LogP contribution in [0.3, 0.4) is 0 Å². The zero-order chi connectivity index (χ0) is 12.8. The van der Waals surface area contributed by atoms with E-state index in [2.05, 4.69) is 15.1 Å². The Bertz CT molecular complexity index is 399. The van der Waals surface area contributed by atoms with Gasteiger partial charge in [-0.3, -0.25) is 0 Å². The molecule has 0 saturated heterocycles. The molecule has 1 heterocycles. The number of rotatable bonds is 4. The molecule has 1 aromatic heterocycles. The predicted molar refractivity (Wildman–Crippen MR) is 66.6 cm³/mol. The second kappa shape index (κ2) is 6.18. The van der Waals surface area contributed by atoms with Crippen molar-refractivity contribution in [3.8, 4) is 5.88 Å². The lowest BCUT2D eigenvalue weighted by Gasteiger charge is -2.21. The summed E-state index contributed by atoms with van der Waals surface area (Å²) in [7, 11) is 0. The average Bonchev–Trinajstić information content (AvgIpc) is 2.46. The van der Waals surface area contributed by atoms with Gasteiger partial charge in [-0.15, -0.1) is 0 Å². The number of ether oxygens (including phenoxy) is 1. The van der Waals surface area contributed by atoms with Crippen LogP contribution in [0.4, 0.5) is 0 Å². The zero-order valence-electron chi connectivity index (χ0n) is 10.2. The standard InChI is InChI=1S/C12H18N4O2/c13-12(16-17)10-6-15-11(7-14-10)18-8-9-4-2-1-3-5-9/h6-7,9,17H,1-5,8H2,(H2,13,16). The third-order valence-electron chi connectivity index (χ3n) is 3.19. The average molecular weight is 250 g/mol. The predicted octanol–water partition coefficient (Wildman–Crippen LogP) is 1.53. The first-order chi connectivity index (χ1) is 8.79. The highest BCUT2D eigenvalue weighted by Gasteiger charge is 2.14. The van der Waals surface area contributed by atoms with E-state index in [4.69, 9.17) is 15.7 Å². The monoisotopic (exact) mass is 250 g/mol. The van der Waals surface area contributed by atoms with Gasteiger partial charge in [0.1, 0.15) is 5.69 Å². The molecule has 3 N–H and O–H groups in total. The van der Waals surface area contributed by atoms with Gasteiger partial charge in [0.05, 0.1) is 19.0 Å². The van der Waals surface area contributed by atoms with Crippen molar-refractivity contribution < 1.29 is 9.94 Å². The summed E-state index contributed by atoms with van der Waals surface area (Å²) in [6.07, 6.45) is 9.32. The van der Waals surface area contributed by atoms with Crippen molar-refractivity contribution in [3.63, 3.8) is 0 Å². The van der Waals surface area contributed by atoms with E-state index in [1.165, 1.54) is 44.5 Å². The van der Waals surface area contributed by atoms with Gasteiger partial charge in [-0.2, -0.15) is 0 Å². The Kier molecular flexibility index (Phi) is 4.33. The fraction of sp³-hybridized carbons (Fsp3) is 0.583. The van der Waals surface area contributed by atoms with Crippen molar-refractivity contribution in [2.75, 3.05) is 6.61 Å². The fourth-order valence-corrected chi connectivity index (χ4v) is 2.13. The van der Waals surface area contributed by atoms with Crippen LogP contribution in [0, 0.1) is 5.92 Å². The molecular weight excluding hydrogens is 232 g/mol. The maximum Gasteiger partial charge on any atom is 0.232 e. The summed E-state index contributed by atoms with van der Waals surface area (Å²) in [6.45, 7) is 0.692. The van der Waals surface area contributed by atoms with Crippen LogP contribution >= 0.6 is 0 Å². The largest absolute Gasteiger partial charge is 0.476 e. The van der Waals surface area contributed by atoms with Crippen LogP contribution in [0.15, 0.2) is 17.5 Å². The normalized spacial score (nSPS) is 17.7. The van der Waals surface area contributed by atoms with Gasteiger partial charge in [0, 0.05) is 0 Å². The van der Waals surface area contributed by atoms with E-state index >= 15 is 0 Å². The molecular formula is C12H18N4O2. The Morgan fingerprint density at radius 2 is 2.11 bits per heavy atom. The zero-order valence-corrected chi connectivity index (χ0v) is 10.2. The first kappa shape index (κ1) is 12.6. The van der Waals surface area contributed by atoms with Gasteiger partial charge >= 0.3 is 0 Å². The first-order valence-electron chi connectivity index (χ1n) is 6.22. The van der Waals surface area contributed by atoms with Crippen LogP contribution in [0.25, 0.3) is 0 Å². The second-order valence-corrected chi connectivity index (χ2v) is 4.54. The molecule has 6 heteroatoms. The van der Waals surface area contributed by atoms with E-state index in [1.807, 2.05) is 0 Å². The van der Waals surface area contributed by atoms with Gasteiger partial charge in [0.2, 0.25) is 5.88 Å². The molecule has 0 aromatic carbocycles. The van der Waals surface area contributed by atoms with Gasteiger partial charge < -0.3 is 15.7 Å². The molecule has 0 atom stereocenters. The van der Waals surface area contributed by atoms with Crippen LogP contribution in [-0.2, 0) is 0 Å². The van der Waals surface area contributed by atoms with Gasteiger partial charge in [-0.1, -0.05) is 24.4 Å². The van der Waals surface area contributed by atoms with E-state index < -0.39 is 0 Å². The Balaban J connectivity index is 1.86. The van der Waals surface area contributed by atoms with Crippen molar-refractivity contribution in [3.05, 3.63) is 18.1 Å². The van der Waals surface area contributed by atoms with E-state index in [1.54, 1.807) is 0 Å². The molecule has 1 fully saturated rings. The molecule has 0 aliphatic heterocycles. The van der Waals surface area contributed by atoms with Crippen LogP contribution in [-0.4, -0.2) is 27.6 Å². The number of hydrogen-bond acceptors (Lipinski definition) is 5. The summed E-state index contributed by atoms with van der Waals surface area (Å²) < 4.78 is 5.60. The second-order valence-electron chi connectivity index (χ2n) is 4.54. The molecule has 0 amide bonds. The Labute approximate surface area is 106 Å². The summed E-state index contributed by atoms with van der Waals surface area (Å²) >= 11 is 0. The minimum absolute atomic E-state index is 0.0543. The topological polar surface area (TPSA) is 93.6 Å². The summed E-state index contributed by atoms with van der Waals surface area (Å²) in [5.41, 5.74) is 5.73. The molecule has 1 aliphatic carbocycles. The molecule has 98 valence electrons. The van der Waals surface area contributed by atoms with E-state index in [0.29, 0.717) is 24.1 Å². The maximum atomic E-state index is 8.49. The molecule has 0 radical (unpaired) electrons. The molecule has 1 aromatic rings. The number of aromatic nitrogens is 2. The molecule has 0 unspecified atom stereocenters. The molecule has 2 rings (SSSR count). The smallest absolute Gasteiger partial charge is 0.232 e. The van der Waals surface area contributed by atoms with Gasteiger partial charge in [0.15, 0.2) is 5.84 Å². The van der Waals surface area contributed by atoms with Crippen molar-refractivity contribution >= 4 is 5.84 Å².